The summed E-state index contributed by atoms with van der Waals surface area (Å²) in [5.74, 6) is -23.2. The zero-order valence-corrected chi connectivity index (χ0v) is 76.1. The zero-order valence-electron chi connectivity index (χ0n) is 75.3. The van der Waals surface area contributed by atoms with E-state index in [0.717, 1.165) is 31.7 Å². The fourth-order valence-electron chi connectivity index (χ4n) is 16.3. The third-order valence-corrected chi connectivity index (χ3v) is 24.8. The van der Waals surface area contributed by atoms with Gasteiger partial charge in [0.05, 0.1) is 18.4 Å². The molecule has 37 nitrogen and oxygen atoms in total. The standard InChI is InChI=1S/C92H118F4N18O19S/c1-7-8-23-72-91(131)114-46-59(117)43-74(114)87(127)107-69(47-133-50-115)84(124)109-79(51(2)3)92(132)111(5)73(40-54-25-29-57(93)30-26-54)86(126)104-65(22-15-34-98)89(129)113-35-16-24-71(113)85(125)106-67(42-56-44-100-63-20-13-12-19-60(56)63)83(123)105-66(38-53-27-31-58(116)32-28-53)82(122)103-64(21-14-33-97)81(121)108-70(80(120)101-45-76(99)118)48-134-49-77(119)102-68(39-55-36-61(94)78(96)62(95)37-55)88(128)112(6)75(90(130)110(72)4)41-52-17-10-9-11-18-52/h9-13,17-20,25-32,36-37,44,50-51,59,64-75,79,100,116-117H,7-8,14-16,21-24,33-35,38-43,45-49,97-98H2,1-6H3,(H2,99,118)(H,101,120)(H,102,119)(H,103,122)(H,104,126)(H,105,123)(H,106,125)(H,107,127)(H,108,121)(H,109,124)/t59-,64-,65-,66-,67-,68-,69-,70-,71+,72-,73-,74+,75-,79-/m0/s1. The number of unbranched alkanes of at least 4 members (excludes halogenated alkanes) is 1. The number of hydrogen-bond acceptors (Lipinski definition) is 22. The van der Waals surface area contributed by atoms with Crippen LogP contribution in [0.3, 0.4) is 0 Å². The first kappa shape index (κ1) is 105. The number of halogens is 4. The molecule has 42 heteroatoms. The number of aromatic hydroxyl groups is 1. The number of aliphatic hydroxyl groups is 1. The van der Waals surface area contributed by atoms with Gasteiger partial charge in [-0.05, 0) is 134 Å². The molecule has 0 radical (unpaired) electrons. The lowest BCUT2D eigenvalue weighted by molar-refractivity contribution is -0.152. The van der Waals surface area contributed by atoms with E-state index in [-0.39, 0.29) is 114 Å². The lowest BCUT2D eigenvalue weighted by atomic mass is 9.98. The number of fused-ring (bicyclic) bond motifs is 3. The molecular formula is C92H118F4N18O19S. The third-order valence-electron chi connectivity index (χ3n) is 23.7. The summed E-state index contributed by atoms with van der Waals surface area (Å²) in [5, 5.41) is 45.9. The van der Waals surface area contributed by atoms with E-state index in [0.29, 0.717) is 63.5 Å². The van der Waals surface area contributed by atoms with Crippen molar-refractivity contribution < 1.29 is 109 Å². The number of aromatic nitrogens is 1. The summed E-state index contributed by atoms with van der Waals surface area (Å²) in [5.41, 5.74) is 19.3. The van der Waals surface area contributed by atoms with E-state index in [2.05, 4.69) is 52.8 Å². The van der Waals surface area contributed by atoms with Gasteiger partial charge in [0.1, 0.15) is 96.7 Å². The van der Waals surface area contributed by atoms with Gasteiger partial charge in [-0.25, -0.2) is 17.6 Å². The molecule has 724 valence electrons. The van der Waals surface area contributed by atoms with Crippen LogP contribution in [0.25, 0.3) is 10.9 Å². The Morgan fingerprint density at radius 2 is 1.11 bits per heavy atom. The number of phenols is 1. The molecule has 3 aliphatic rings. The van der Waals surface area contributed by atoms with Gasteiger partial charge in [0, 0.05) is 95.6 Å². The summed E-state index contributed by atoms with van der Waals surface area (Å²) in [6, 6.07) is 5.39. The van der Waals surface area contributed by atoms with Gasteiger partial charge in [0.2, 0.25) is 88.6 Å². The number of benzene rings is 5. The molecule has 18 N–H and O–H groups in total. The second kappa shape index (κ2) is 50.1. The molecule has 14 atom stereocenters. The first-order chi connectivity index (χ1) is 63.9. The first-order valence-corrected chi connectivity index (χ1v) is 45.4. The first-order valence-electron chi connectivity index (χ1n) is 44.3. The van der Waals surface area contributed by atoms with Gasteiger partial charge in [-0.15, -0.1) is 11.8 Å². The number of nitrogens with two attached hydrogens (primary N) is 3. The van der Waals surface area contributed by atoms with Crippen molar-refractivity contribution in [2.24, 2.45) is 23.1 Å². The van der Waals surface area contributed by atoms with Crippen LogP contribution in [0.4, 0.5) is 17.6 Å². The number of nitrogens with one attached hydrogen (secondary N) is 10. The second-order valence-corrected chi connectivity index (χ2v) is 34.9. The number of thioether (sulfide) groups is 1. The summed E-state index contributed by atoms with van der Waals surface area (Å²) in [4.78, 5) is 245. The molecule has 134 heavy (non-hydrogen) atoms. The van der Waals surface area contributed by atoms with Crippen LogP contribution in [0.1, 0.15) is 113 Å². The molecule has 0 aliphatic carbocycles. The van der Waals surface area contributed by atoms with Gasteiger partial charge in [0.25, 0.3) is 6.47 Å². The van der Waals surface area contributed by atoms with E-state index >= 15 is 51.9 Å². The van der Waals surface area contributed by atoms with E-state index in [4.69, 9.17) is 21.9 Å². The number of aliphatic hydroxyl groups excluding tert-OH is 1. The Morgan fingerprint density at radius 1 is 0.560 bits per heavy atom. The highest BCUT2D eigenvalue weighted by molar-refractivity contribution is 8.00. The molecular weight excluding hydrogens is 1770 g/mol. The Bertz CT molecular complexity index is 5140. The Morgan fingerprint density at radius 3 is 1.76 bits per heavy atom. The molecule has 3 aliphatic heterocycles. The lowest BCUT2D eigenvalue weighted by Crippen LogP contribution is -2.62. The number of nitrogens with zero attached hydrogens (tertiary/aromatic N) is 5. The third kappa shape index (κ3) is 28.7. The largest absolute Gasteiger partial charge is 0.508 e. The van der Waals surface area contributed by atoms with Crippen LogP contribution >= 0.6 is 11.8 Å². The second-order valence-electron chi connectivity index (χ2n) is 33.9. The number of H-pyrrole nitrogens is 1. The molecule has 6 aromatic rings. The average Bonchev–Trinajstić information content (AvgIpc) is 1.40. The van der Waals surface area contributed by atoms with Gasteiger partial charge >= 0.3 is 0 Å². The minimum Gasteiger partial charge on any atom is -0.508 e. The van der Waals surface area contributed by atoms with Crippen LogP contribution in [-0.2, 0) is 114 Å². The number of aromatic amines is 1. The topological polar surface area (TPSA) is 541 Å². The van der Waals surface area contributed by atoms with E-state index in [1.807, 2.05) is 0 Å². The molecule has 3 saturated heterocycles. The highest BCUT2D eigenvalue weighted by Gasteiger charge is 2.48. The number of rotatable bonds is 26. The van der Waals surface area contributed by atoms with Crippen LogP contribution in [0.2, 0.25) is 0 Å². The van der Waals surface area contributed by atoms with Crippen molar-refractivity contribution in [3.05, 3.63) is 173 Å². The molecule has 4 heterocycles. The average molecular weight is 1890 g/mol. The normalized spacial score (nSPS) is 24.0. The molecule has 5 aromatic carbocycles. The number of carbonyl (C=O) groups is 16. The minimum atomic E-state index is -1.90. The Hall–Kier alpha value is -13.1. The van der Waals surface area contributed by atoms with Crippen molar-refractivity contribution in [3.8, 4) is 5.75 Å². The summed E-state index contributed by atoms with van der Waals surface area (Å²) in [6.45, 7) is 2.41. The van der Waals surface area contributed by atoms with E-state index < -0.39 is 246 Å². The number of amides is 15. The molecule has 15 amide bonds. The zero-order chi connectivity index (χ0) is 97.7. The number of ether oxygens (including phenoxy) is 1. The highest BCUT2D eigenvalue weighted by atomic mass is 32.2. The number of carbonyl (C=O) groups excluding carboxylic acids is 16. The lowest BCUT2D eigenvalue weighted by Gasteiger charge is -2.38. The molecule has 0 spiro atoms. The highest BCUT2D eigenvalue weighted by Crippen LogP contribution is 2.29. The van der Waals surface area contributed by atoms with Crippen molar-refractivity contribution in [3.63, 3.8) is 0 Å². The van der Waals surface area contributed by atoms with Crippen molar-refractivity contribution in [2.45, 2.75) is 202 Å². The van der Waals surface area contributed by atoms with Gasteiger partial charge in [-0.2, -0.15) is 0 Å². The van der Waals surface area contributed by atoms with Crippen molar-refractivity contribution in [2.75, 3.05) is 72.0 Å². The van der Waals surface area contributed by atoms with Crippen molar-refractivity contribution >= 4 is 118 Å². The molecule has 0 bridgehead atoms. The van der Waals surface area contributed by atoms with Gasteiger partial charge in [0.15, 0.2) is 17.5 Å². The van der Waals surface area contributed by atoms with Crippen LogP contribution < -0.4 is 65.1 Å². The maximum Gasteiger partial charge on any atom is 0.293 e. The number of likely N-dealkylation sites (N-methyl/N-ethyl adjacent to an activating group) is 3. The molecule has 9 rings (SSSR count). The number of primary amides is 1. The van der Waals surface area contributed by atoms with Gasteiger partial charge < -0.3 is 109 Å². The number of phenolic OH excluding ortho intramolecular Hbond substituents is 1. The summed E-state index contributed by atoms with van der Waals surface area (Å²) < 4.78 is 64.8. The van der Waals surface area contributed by atoms with Crippen molar-refractivity contribution in [1.82, 2.24) is 77.3 Å². The maximum absolute atomic E-state index is 15.7. The maximum atomic E-state index is 15.7. The van der Waals surface area contributed by atoms with E-state index in [1.165, 1.54) is 76.3 Å². The molecule has 1 aromatic heterocycles. The summed E-state index contributed by atoms with van der Waals surface area (Å²) >= 11 is 0.649. The van der Waals surface area contributed by atoms with Gasteiger partial charge in [-0.1, -0.05) is 106 Å². The van der Waals surface area contributed by atoms with E-state index in [9.17, 15) is 52.6 Å². The molecule has 0 saturated carbocycles. The molecule has 0 unspecified atom stereocenters. The smallest absolute Gasteiger partial charge is 0.293 e. The summed E-state index contributed by atoms with van der Waals surface area (Å²) in [6.07, 6.45) is -1.96. The number of para-hydroxylation sites is 1. The Balaban J connectivity index is 1.14. The number of hydrogen-bond donors (Lipinski definition) is 15. The fraction of sp³-hybridized carbons (Fsp3) is 0.478. The summed E-state index contributed by atoms with van der Waals surface area (Å²) in [7, 11) is 3.64. The van der Waals surface area contributed by atoms with Crippen LogP contribution in [0.5, 0.6) is 5.75 Å². The SMILES string of the molecule is CCCC[C@H]1C(=O)N2C[C@@H](O)C[C@@H]2C(=O)N[C@@H](COC=O)C(=O)N[C@@H](C(C)C)C(=O)N(C)[C@@H](Cc2ccc(F)cc2)C(=O)N[C@@H](CCCN)C(=O)N2CCC[C@@H]2C(=O)N[C@@H](Cc2c[nH]c3ccccc23)C(=O)N[C@@H](Cc2ccc(O)cc2)C(=O)N[C@@H](CCCN)C(=O)N[C@H](C(=O)NCC(N)=O)CSCC(=O)N[C@@H](Cc2cc(F)c(F)c(F)c2)C(=O)N(C)[C@@H](Cc2ccccc2)C(=O)N1C. The minimum absolute atomic E-state index is 0.00262. The molecule has 3 fully saturated rings. The predicted molar refractivity (Wildman–Crippen MR) is 483 cm³/mol. The Labute approximate surface area is 775 Å². The van der Waals surface area contributed by atoms with Crippen LogP contribution in [0, 0.1) is 29.2 Å². The fourth-order valence-corrected chi connectivity index (χ4v) is 17.2. The monoisotopic (exact) mass is 1890 g/mol. The van der Waals surface area contributed by atoms with Crippen LogP contribution in [-0.4, -0.2) is 291 Å². The van der Waals surface area contributed by atoms with E-state index in [1.54, 1.807) is 67.7 Å². The van der Waals surface area contributed by atoms with Crippen molar-refractivity contribution in [1.29, 1.82) is 0 Å². The van der Waals surface area contributed by atoms with Crippen LogP contribution in [0.15, 0.2) is 121 Å². The Kier molecular flexibility index (Phi) is 39.1. The predicted octanol–water partition coefficient (Wildman–Crippen LogP) is 0.101. The quantitative estimate of drug-likeness (QED) is 0.0194. The van der Waals surface area contributed by atoms with Gasteiger partial charge in [-0.3, -0.25) is 76.7 Å².